The molecule has 2 saturated carbocycles. The molecule has 126 valence electrons. The Morgan fingerprint density at radius 2 is 1.87 bits per heavy atom. The lowest BCUT2D eigenvalue weighted by Gasteiger charge is -2.26. The summed E-state index contributed by atoms with van der Waals surface area (Å²) >= 11 is 0. The van der Waals surface area contributed by atoms with Crippen LogP contribution in [0.2, 0.25) is 0 Å². The van der Waals surface area contributed by atoms with E-state index < -0.39 is 11.7 Å². The average molecular weight is 326 g/mol. The van der Waals surface area contributed by atoms with Gasteiger partial charge in [0.05, 0.1) is 5.56 Å². The molecule has 1 aromatic carbocycles. The highest BCUT2D eigenvalue weighted by molar-refractivity contribution is 5.83. The van der Waals surface area contributed by atoms with E-state index in [1.165, 1.54) is 6.07 Å². The topological polar surface area (TPSA) is 55.1 Å². The van der Waals surface area contributed by atoms with E-state index in [1.807, 2.05) is 0 Å². The van der Waals surface area contributed by atoms with Crippen LogP contribution in [0.1, 0.15) is 49.1 Å². The highest BCUT2D eigenvalue weighted by Gasteiger charge is 2.45. The summed E-state index contributed by atoms with van der Waals surface area (Å²) in [5.74, 6) is -0.329. The van der Waals surface area contributed by atoms with Gasteiger partial charge in [0, 0.05) is 18.0 Å². The molecule has 0 aliphatic heterocycles. The number of hydrogen-bond acceptors (Lipinski definition) is 2. The van der Waals surface area contributed by atoms with Crippen molar-refractivity contribution in [1.29, 1.82) is 0 Å². The molecule has 23 heavy (non-hydrogen) atoms. The molecule has 0 heterocycles. The number of amides is 1. The molecular weight excluding hydrogens is 305 g/mol. The Kier molecular flexibility index (Phi) is 4.36. The van der Waals surface area contributed by atoms with Crippen molar-refractivity contribution in [2.24, 2.45) is 11.7 Å². The van der Waals surface area contributed by atoms with Crippen molar-refractivity contribution in [3.05, 3.63) is 35.4 Å². The van der Waals surface area contributed by atoms with Crippen LogP contribution in [0.3, 0.4) is 0 Å². The summed E-state index contributed by atoms with van der Waals surface area (Å²) in [4.78, 5) is 12.3. The molecule has 3 nitrogen and oxygen atoms in total. The first kappa shape index (κ1) is 16.3. The summed E-state index contributed by atoms with van der Waals surface area (Å²) < 4.78 is 38.3. The third-order valence-corrected chi connectivity index (χ3v) is 4.89. The molecule has 0 spiro atoms. The molecule has 2 atom stereocenters. The zero-order valence-electron chi connectivity index (χ0n) is 12.8. The Labute approximate surface area is 133 Å². The maximum atomic E-state index is 12.8. The van der Waals surface area contributed by atoms with Crippen molar-refractivity contribution in [3.8, 4) is 0 Å². The van der Waals surface area contributed by atoms with E-state index in [9.17, 15) is 18.0 Å². The molecular formula is C17H21F3N2O. The zero-order valence-corrected chi connectivity index (χ0v) is 12.8. The Morgan fingerprint density at radius 1 is 1.17 bits per heavy atom. The van der Waals surface area contributed by atoms with Crippen molar-refractivity contribution < 1.29 is 18.0 Å². The van der Waals surface area contributed by atoms with Gasteiger partial charge < -0.3 is 11.1 Å². The minimum Gasteiger partial charge on any atom is -0.353 e. The van der Waals surface area contributed by atoms with Gasteiger partial charge in [-0.1, -0.05) is 18.2 Å². The Balaban J connectivity index is 1.58. The zero-order chi connectivity index (χ0) is 16.6. The van der Waals surface area contributed by atoms with Crippen molar-refractivity contribution in [2.75, 3.05) is 0 Å². The van der Waals surface area contributed by atoms with Gasteiger partial charge in [-0.15, -0.1) is 0 Å². The summed E-state index contributed by atoms with van der Waals surface area (Å²) in [6.45, 7) is 0. The van der Waals surface area contributed by atoms with E-state index in [2.05, 4.69) is 5.32 Å². The van der Waals surface area contributed by atoms with Crippen molar-refractivity contribution in [3.63, 3.8) is 0 Å². The highest BCUT2D eigenvalue weighted by Crippen LogP contribution is 2.48. The number of nitrogens with one attached hydrogen (secondary N) is 1. The second-order valence-corrected chi connectivity index (χ2v) is 6.69. The molecule has 3 rings (SSSR count). The minimum absolute atomic E-state index is 0.0344. The summed E-state index contributed by atoms with van der Waals surface area (Å²) in [6.07, 6.45) is -0.135. The van der Waals surface area contributed by atoms with Crippen molar-refractivity contribution in [1.82, 2.24) is 5.32 Å². The summed E-state index contributed by atoms with van der Waals surface area (Å²) in [7, 11) is 0. The fraction of sp³-hybridized carbons (Fsp3) is 0.588. The van der Waals surface area contributed by atoms with Gasteiger partial charge in [0.25, 0.3) is 0 Å². The summed E-state index contributed by atoms with van der Waals surface area (Å²) in [5, 5.41) is 3.03. The SMILES string of the molecule is NC1CCC(NC(=O)C2CC2c2cccc(C(F)(F)F)c2)CC1. The quantitative estimate of drug-likeness (QED) is 0.896. The van der Waals surface area contributed by atoms with Gasteiger partial charge in [-0.2, -0.15) is 13.2 Å². The van der Waals surface area contributed by atoms with E-state index in [0.717, 1.165) is 37.8 Å². The number of hydrogen-bond donors (Lipinski definition) is 2. The molecule has 0 saturated heterocycles. The van der Waals surface area contributed by atoms with Crippen LogP contribution in [0.25, 0.3) is 0 Å². The highest BCUT2D eigenvalue weighted by atomic mass is 19.4. The van der Waals surface area contributed by atoms with Gasteiger partial charge >= 0.3 is 6.18 Å². The number of benzene rings is 1. The molecule has 2 unspecified atom stereocenters. The summed E-state index contributed by atoms with van der Waals surface area (Å²) in [5.41, 5.74) is 5.79. The fourth-order valence-electron chi connectivity index (χ4n) is 3.37. The molecule has 2 aliphatic rings. The largest absolute Gasteiger partial charge is 0.416 e. The maximum Gasteiger partial charge on any atom is 0.416 e. The molecule has 0 radical (unpaired) electrons. The number of rotatable bonds is 3. The number of alkyl halides is 3. The predicted molar refractivity (Wildman–Crippen MR) is 80.7 cm³/mol. The third-order valence-electron chi connectivity index (χ3n) is 4.89. The summed E-state index contributed by atoms with van der Waals surface area (Å²) in [6, 6.07) is 5.69. The second-order valence-electron chi connectivity index (χ2n) is 6.69. The predicted octanol–water partition coefficient (Wildman–Crippen LogP) is 3.20. The Bertz CT molecular complexity index is 579. The Morgan fingerprint density at radius 3 is 2.52 bits per heavy atom. The van der Waals surface area contributed by atoms with E-state index in [-0.39, 0.29) is 29.8 Å². The molecule has 3 N–H and O–H groups in total. The smallest absolute Gasteiger partial charge is 0.353 e. The van der Waals surface area contributed by atoms with Gasteiger partial charge in [0.1, 0.15) is 0 Å². The van der Waals surface area contributed by atoms with Gasteiger partial charge in [0.15, 0.2) is 0 Å². The molecule has 6 heteroatoms. The van der Waals surface area contributed by atoms with Crippen LogP contribution in [-0.2, 0) is 11.0 Å². The van der Waals surface area contributed by atoms with E-state index in [4.69, 9.17) is 5.73 Å². The fourth-order valence-corrected chi connectivity index (χ4v) is 3.37. The third kappa shape index (κ3) is 3.86. The molecule has 1 aromatic rings. The van der Waals surface area contributed by atoms with Gasteiger partial charge in [0.2, 0.25) is 5.91 Å². The maximum absolute atomic E-state index is 12.8. The van der Waals surface area contributed by atoms with Crippen LogP contribution in [0.15, 0.2) is 24.3 Å². The second kappa shape index (κ2) is 6.15. The minimum atomic E-state index is -4.34. The lowest BCUT2D eigenvalue weighted by Crippen LogP contribution is -2.41. The normalized spacial score (nSPS) is 30.8. The van der Waals surface area contributed by atoms with E-state index in [1.54, 1.807) is 6.07 Å². The van der Waals surface area contributed by atoms with Crippen LogP contribution in [-0.4, -0.2) is 18.0 Å². The number of carbonyl (C=O) groups is 1. The molecule has 2 aliphatic carbocycles. The molecule has 2 fully saturated rings. The van der Waals surface area contributed by atoms with Gasteiger partial charge in [-0.25, -0.2) is 0 Å². The lowest BCUT2D eigenvalue weighted by molar-refractivity contribution is -0.137. The molecule has 0 aromatic heterocycles. The lowest BCUT2D eigenvalue weighted by atomic mass is 9.91. The first-order valence-electron chi connectivity index (χ1n) is 8.07. The number of nitrogens with two attached hydrogens (primary N) is 1. The van der Waals surface area contributed by atoms with Gasteiger partial charge in [-0.3, -0.25) is 4.79 Å². The first-order chi connectivity index (χ1) is 10.8. The molecule has 0 bridgehead atoms. The van der Waals surface area contributed by atoms with E-state index in [0.29, 0.717) is 12.0 Å². The Hall–Kier alpha value is -1.56. The molecule has 1 amide bonds. The first-order valence-corrected chi connectivity index (χ1v) is 8.07. The van der Waals surface area contributed by atoms with Crippen LogP contribution >= 0.6 is 0 Å². The monoisotopic (exact) mass is 326 g/mol. The van der Waals surface area contributed by atoms with Crippen molar-refractivity contribution in [2.45, 2.75) is 56.3 Å². The van der Waals surface area contributed by atoms with Crippen LogP contribution < -0.4 is 11.1 Å². The van der Waals surface area contributed by atoms with Crippen LogP contribution in [0.5, 0.6) is 0 Å². The van der Waals surface area contributed by atoms with Gasteiger partial charge in [-0.05, 0) is 49.7 Å². The standard InChI is InChI=1S/C17H21F3N2O/c18-17(19,20)11-3-1-2-10(8-11)14-9-15(14)16(23)22-13-6-4-12(21)5-7-13/h1-3,8,12-15H,4-7,9,21H2,(H,22,23). The van der Waals surface area contributed by atoms with Crippen LogP contribution in [0.4, 0.5) is 13.2 Å². The number of carbonyl (C=O) groups excluding carboxylic acids is 1. The average Bonchev–Trinajstić information content (AvgIpc) is 3.29. The number of halogens is 3. The van der Waals surface area contributed by atoms with Crippen LogP contribution in [0, 0.1) is 5.92 Å². The van der Waals surface area contributed by atoms with Crippen molar-refractivity contribution >= 4 is 5.91 Å². The van der Waals surface area contributed by atoms with E-state index >= 15 is 0 Å².